The molecule has 5 atom stereocenters. The van der Waals surface area contributed by atoms with Crippen LogP contribution in [0.3, 0.4) is 0 Å². The van der Waals surface area contributed by atoms with Gasteiger partial charge in [0.2, 0.25) is 0 Å². The highest BCUT2D eigenvalue weighted by molar-refractivity contribution is 7.47. The summed E-state index contributed by atoms with van der Waals surface area (Å²) in [5, 5.41) is 9.76. The van der Waals surface area contributed by atoms with Crippen molar-refractivity contribution in [2.24, 2.45) is 0 Å². The zero-order valence-corrected chi connectivity index (χ0v) is 39.2. The highest BCUT2D eigenvalue weighted by Gasteiger charge is 2.37. The third kappa shape index (κ3) is 38.0. The molecule has 0 radical (unpaired) electrons. The van der Waals surface area contributed by atoms with Crippen LogP contribution < -0.4 is 0 Å². The zero-order chi connectivity index (χ0) is 45.6. The topological polar surface area (TPSA) is 208 Å². The Balaban J connectivity index is 2.45. The SMILES string of the molecule is CCCCC/C=C\C/C=C\C/C=C\CC1OC1CCCC(=O)O[C@H](COC(=O)CCC/C=C\C/C=C\C/C=C\CCCCCCCC)COP(=O)(O)OC[C@@H](O)COP(=O)(O)O. The van der Waals surface area contributed by atoms with Crippen LogP contribution in [0.15, 0.2) is 72.9 Å². The average molecular weight is 917 g/mol. The largest absolute Gasteiger partial charge is 0.472 e. The van der Waals surface area contributed by atoms with Crippen molar-refractivity contribution in [3.63, 3.8) is 0 Å². The number of phosphoric acid groups is 2. The Morgan fingerprint density at radius 2 is 1.05 bits per heavy atom. The molecule has 4 N–H and O–H groups in total. The van der Waals surface area contributed by atoms with Gasteiger partial charge in [0.15, 0.2) is 6.10 Å². The summed E-state index contributed by atoms with van der Waals surface area (Å²) in [6.07, 6.45) is 43.5. The van der Waals surface area contributed by atoms with E-state index in [0.717, 1.165) is 44.9 Å². The number of hydrogen-bond donors (Lipinski definition) is 4. The van der Waals surface area contributed by atoms with Crippen LogP contribution >= 0.6 is 15.6 Å². The fraction of sp³-hybridized carbons (Fsp3) is 0.696. The van der Waals surface area contributed by atoms with Crippen LogP contribution in [0, 0.1) is 0 Å². The average Bonchev–Trinajstić information content (AvgIpc) is 3.99. The summed E-state index contributed by atoms with van der Waals surface area (Å²) in [7, 11) is -9.73. The van der Waals surface area contributed by atoms with Crippen molar-refractivity contribution in [3.05, 3.63) is 72.9 Å². The van der Waals surface area contributed by atoms with Gasteiger partial charge in [-0.1, -0.05) is 132 Å². The highest BCUT2D eigenvalue weighted by Crippen LogP contribution is 2.44. The number of carbonyl (C=O) groups is 2. The molecule has 0 spiro atoms. The molecule has 0 amide bonds. The van der Waals surface area contributed by atoms with E-state index in [1.165, 1.54) is 57.8 Å². The van der Waals surface area contributed by atoms with Gasteiger partial charge in [0, 0.05) is 12.8 Å². The van der Waals surface area contributed by atoms with Gasteiger partial charge < -0.3 is 34.0 Å². The molecular formula is C46H78O14P2. The fourth-order valence-corrected chi connectivity index (χ4v) is 7.08. The molecule has 1 aliphatic rings. The second-order valence-electron chi connectivity index (χ2n) is 15.4. The lowest BCUT2D eigenvalue weighted by Gasteiger charge is -2.20. The summed E-state index contributed by atoms with van der Waals surface area (Å²) >= 11 is 0. The molecule has 3 unspecified atom stereocenters. The van der Waals surface area contributed by atoms with Gasteiger partial charge in [-0.3, -0.25) is 23.2 Å². The summed E-state index contributed by atoms with van der Waals surface area (Å²) in [5.74, 6) is -1.17. The molecule has 62 heavy (non-hydrogen) atoms. The maximum atomic E-state index is 12.7. The Hall–Kier alpha value is -2.48. The number of carbonyl (C=O) groups excluding carboxylic acids is 2. The van der Waals surface area contributed by atoms with E-state index in [1.54, 1.807) is 0 Å². The third-order valence-electron chi connectivity index (χ3n) is 9.48. The van der Waals surface area contributed by atoms with Crippen molar-refractivity contribution in [2.45, 2.75) is 180 Å². The first-order valence-corrected chi connectivity index (χ1v) is 25.8. The minimum atomic E-state index is -4.88. The quantitative estimate of drug-likeness (QED) is 0.0148. The zero-order valence-electron chi connectivity index (χ0n) is 37.4. The first kappa shape index (κ1) is 57.5. The van der Waals surface area contributed by atoms with Crippen molar-refractivity contribution in [1.29, 1.82) is 0 Å². The Bertz CT molecular complexity index is 1440. The summed E-state index contributed by atoms with van der Waals surface area (Å²) in [5.41, 5.74) is 0. The van der Waals surface area contributed by atoms with Crippen LogP contribution in [0.1, 0.15) is 155 Å². The van der Waals surface area contributed by atoms with Gasteiger partial charge in [0.25, 0.3) is 0 Å². The number of unbranched alkanes of at least 4 members (excludes halogenated alkanes) is 10. The molecule has 0 aromatic heterocycles. The van der Waals surface area contributed by atoms with Crippen molar-refractivity contribution in [2.75, 3.05) is 26.4 Å². The van der Waals surface area contributed by atoms with Gasteiger partial charge in [-0.2, -0.15) is 0 Å². The van der Waals surface area contributed by atoms with E-state index in [0.29, 0.717) is 25.7 Å². The first-order valence-electron chi connectivity index (χ1n) is 22.8. The van der Waals surface area contributed by atoms with Gasteiger partial charge in [-0.25, -0.2) is 9.13 Å². The van der Waals surface area contributed by atoms with E-state index in [9.17, 15) is 28.7 Å². The highest BCUT2D eigenvalue weighted by atomic mass is 31.2. The molecular weight excluding hydrogens is 838 g/mol. The summed E-state index contributed by atoms with van der Waals surface area (Å²) in [6, 6.07) is 0. The maximum absolute atomic E-state index is 12.7. The molecule has 0 aromatic carbocycles. The number of epoxide rings is 1. The van der Waals surface area contributed by atoms with Crippen LogP contribution in [-0.4, -0.2) is 82.6 Å². The Morgan fingerprint density at radius 3 is 1.66 bits per heavy atom. The van der Waals surface area contributed by atoms with E-state index in [4.69, 9.17) is 28.5 Å². The van der Waals surface area contributed by atoms with E-state index >= 15 is 0 Å². The number of hydrogen-bond acceptors (Lipinski definition) is 11. The van der Waals surface area contributed by atoms with E-state index < -0.39 is 66.2 Å². The van der Waals surface area contributed by atoms with E-state index in [2.05, 4.69) is 83.7 Å². The van der Waals surface area contributed by atoms with Crippen molar-refractivity contribution in [3.8, 4) is 0 Å². The second kappa shape index (κ2) is 37.9. The number of rotatable bonds is 41. The minimum absolute atomic E-state index is 0.0290. The van der Waals surface area contributed by atoms with Gasteiger partial charge in [0.05, 0.1) is 32.0 Å². The van der Waals surface area contributed by atoms with Crippen LogP contribution in [0.4, 0.5) is 0 Å². The van der Waals surface area contributed by atoms with Crippen LogP contribution in [0.5, 0.6) is 0 Å². The number of ether oxygens (including phenoxy) is 3. The standard InChI is InChI=1S/C46H78O14P2/c1-3-5-7-9-11-13-15-17-18-19-20-21-23-25-27-29-31-35-45(48)55-39-42(40-58-62(53,54)57-38-41(47)37-56-61(50,51)52)59-46(49)36-32-34-44-43(60-44)33-30-28-26-24-22-16-14-12-10-8-6-4-2/h12,14,17-18,20-22,24-25,27-28,30,41-44,47H,3-11,13,15-16,19,23,26,29,31-40H2,1-2H3,(H,53,54)(H2,50,51,52)/b14-12-,18-17-,21-20-,24-22-,27-25-,30-28-/t41-,42+,43?,44?/m0/s1. The molecule has 0 bridgehead atoms. The molecule has 1 saturated heterocycles. The van der Waals surface area contributed by atoms with Crippen LogP contribution in [0.2, 0.25) is 0 Å². The van der Waals surface area contributed by atoms with Crippen molar-refractivity contribution in [1.82, 2.24) is 0 Å². The Labute approximate surface area is 371 Å². The molecule has 0 aromatic rings. The number of allylic oxidation sites excluding steroid dienone is 11. The maximum Gasteiger partial charge on any atom is 0.472 e. The first-order chi connectivity index (χ1) is 29.8. The minimum Gasteiger partial charge on any atom is -0.462 e. The molecule has 1 fully saturated rings. The predicted octanol–water partition coefficient (Wildman–Crippen LogP) is 10.8. The van der Waals surface area contributed by atoms with Crippen LogP contribution in [0.25, 0.3) is 0 Å². The number of phosphoric ester groups is 2. The predicted molar refractivity (Wildman–Crippen MR) is 243 cm³/mol. The number of aliphatic hydroxyl groups excluding tert-OH is 1. The molecule has 356 valence electrons. The van der Waals surface area contributed by atoms with E-state index in [1.807, 2.05) is 12.2 Å². The second-order valence-corrected chi connectivity index (χ2v) is 18.0. The smallest absolute Gasteiger partial charge is 0.462 e. The van der Waals surface area contributed by atoms with Crippen LogP contribution in [-0.2, 0) is 46.5 Å². The molecule has 14 nitrogen and oxygen atoms in total. The van der Waals surface area contributed by atoms with E-state index in [-0.39, 0.29) is 25.0 Å². The Morgan fingerprint density at radius 1 is 0.565 bits per heavy atom. The molecule has 0 aliphatic carbocycles. The molecule has 1 heterocycles. The summed E-state index contributed by atoms with van der Waals surface area (Å²) < 4.78 is 53.5. The summed E-state index contributed by atoms with van der Waals surface area (Å²) in [6.45, 7) is 1.58. The summed E-state index contributed by atoms with van der Waals surface area (Å²) in [4.78, 5) is 52.9. The van der Waals surface area contributed by atoms with Crippen molar-refractivity contribution >= 4 is 27.6 Å². The fourth-order valence-electron chi connectivity index (χ4n) is 5.92. The normalized spacial score (nSPS) is 17.9. The number of aliphatic hydroxyl groups is 1. The van der Waals surface area contributed by atoms with Gasteiger partial charge >= 0.3 is 27.6 Å². The van der Waals surface area contributed by atoms with Gasteiger partial charge in [-0.05, 0) is 83.5 Å². The van der Waals surface area contributed by atoms with Gasteiger partial charge in [-0.15, -0.1) is 0 Å². The monoisotopic (exact) mass is 916 g/mol. The molecule has 1 aliphatic heterocycles. The number of esters is 2. The lowest BCUT2D eigenvalue weighted by Crippen LogP contribution is -2.30. The molecule has 16 heteroatoms. The van der Waals surface area contributed by atoms with Crippen molar-refractivity contribution < 1.29 is 66.3 Å². The molecule has 1 rings (SSSR count). The Kier molecular flexibility index (Phi) is 35.1. The lowest BCUT2D eigenvalue weighted by molar-refractivity contribution is -0.161. The van der Waals surface area contributed by atoms with Gasteiger partial charge in [0.1, 0.15) is 12.7 Å². The third-order valence-corrected chi connectivity index (χ3v) is 10.9. The molecule has 0 saturated carbocycles. The lowest BCUT2D eigenvalue weighted by atomic mass is 10.1.